The largest absolute Gasteiger partial charge is 0.342 e. The Morgan fingerprint density at radius 3 is 2.18 bits per heavy atom. The van der Waals surface area contributed by atoms with E-state index in [4.69, 9.17) is 11.6 Å². The summed E-state index contributed by atoms with van der Waals surface area (Å²) >= 11 is 5.73. The summed E-state index contributed by atoms with van der Waals surface area (Å²) in [4.78, 5) is 13.5. The standard InChI is InChI=1S/C14H28ClNO/c1-4-5-6-7-8-9-10-11-14(17)16(3)13(2)12-15/h13H,4-12H2,1-3H3. The molecule has 3 heteroatoms. The van der Waals surface area contributed by atoms with E-state index in [0.717, 1.165) is 6.42 Å². The van der Waals surface area contributed by atoms with Crippen molar-refractivity contribution in [2.45, 2.75) is 71.3 Å². The Morgan fingerprint density at radius 2 is 1.65 bits per heavy atom. The maximum Gasteiger partial charge on any atom is 0.222 e. The van der Waals surface area contributed by atoms with Gasteiger partial charge in [0.15, 0.2) is 0 Å². The third-order valence-corrected chi connectivity index (χ3v) is 3.72. The molecule has 0 rings (SSSR count). The fourth-order valence-corrected chi connectivity index (χ4v) is 1.97. The Morgan fingerprint density at radius 1 is 1.12 bits per heavy atom. The zero-order valence-corrected chi connectivity index (χ0v) is 12.4. The third kappa shape index (κ3) is 8.48. The van der Waals surface area contributed by atoms with Crippen molar-refractivity contribution in [3.8, 4) is 0 Å². The van der Waals surface area contributed by atoms with E-state index >= 15 is 0 Å². The normalized spacial score (nSPS) is 12.5. The predicted octanol–water partition coefficient (Wildman–Crippen LogP) is 4.21. The lowest BCUT2D eigenvalue weighted by Crippen LogP contribution is -2.35. The molecule has 0 aromatic carbocycles. The highest BCUT2D eigenvalue weighted by atomic mass is 35.5. The summed E-state index contributed by atoms with van der Waals surface area (Å²) in [5.74, 6) is 0.742. The fraction of sp³-hybridized carbons (Fsp3) is 0.929. The average molecular weight is 262 g/mol. The van der Waals surface area contributed by atoms with Crippen LogP contribution in [0.1, 0.15) is 65.2 Å². The van der Waals surface area contributed by atoms with E-state index in [1.807, 2.05) is 14.0 Å². The summed E-state index contributed by atoms with van der Waals surface area (Å²) in [7, 11) is 1.84. The fourth-order valence-electron chi connectivity index (χ4n) is 1.76. The van der Waals surface area contributed by atoms with Gasteiger partial charge in [-0.1, -0.05) is 45.4 Å². The van der Waals surface area contributed by atoms with Crippen LogP contribution in [-0.4, -0.2) is 29.8 Å². The van der Waals surface area contributed by atoms with Crippen LogP contribution in [0.25, 0.3) is 0 Å². The van der Waals surface area contributed by atoms with Gasteiger partial charge in [0.25, 0.3) is 0 Å². The number of halogens is 1. The molecule has 1 unspecified atom stereocenters. The maximum atomic E-state index is 11.7. The number of carbonyl (C=O) groups excluding carboxylic acids is 1. The lowest BCUT2D eigenvalue weighted by molar-refractivity contribution is -0.131. The monoisotopic (exact) mass is 261 g/mol. The second kappa shape index (κ2) is 10.9. The van der Waals surface area contributed by atoms with E-state index in [9.17, 15) is 4.79 Å². The summed E-state index contributed by atoms with van der Waals surface area (Å²) in [6.45, 7) is 4.21. The van der Waals surface area contributed by atoms with Crippen LogP contribution in [0.5, 0.6) is 0 Å². The molecular formula is C14H28ClNO. The maximum absolute atomic E-state index is 11.7. The molecule has 0 heterocycles. The minimum Gasteiger partial charge on any atom is -0.342 e. The van der Waals surface area contributed by atoms with E-state index in [1.165, 1.54) is 38.5 Å². The van der Waals surface area contributed by atoms with Gasteiger partial charge >= 0.3 is 0 Å². The van der Waals surface area contributed by atoms with Crippen LogP contribution in [0, 0.1) is 0 Å². The minimum absolute atomic E-state index is 0.147. The molecule has 0 bridgehead atoms. The van der Waals surface area contributed by atoms with Crippen LogP contribution in [0.15, 0.2) is 0 Å². The summed E-state index contributed by atoms with van der Waals surface area (Å²) in [5.41, 5.74) is 0. The van der Waals surface area contributed by atoms with Crippen molar-refractivity contribution in [3.05, 3.63) is 0 Å². The van der Waals surface area contributed by atoms with Crippen LogP contribution >= 0.6 is 11.6 Å². The number of carbonyl (C=O) groups is 1. The van der Waals surface area contributed by atoms with Gasteiger partial charge in [-0.15, -0.1) is 11.6 Å². The molecule has 0 saturated carbocycles. The van der Waals surface area contributed by atoms with Gasteiger partial charge in [-0.2, -0.15) is 0 Å². The van der Waals surface area contributed by atoms with Crippen molar-refractivity contribution in [3.63, 3.8) is 0 Å². The van der Waals surface area contributed by atoms with Crippen molar-refractivity contribution < 1.29 is 4.79 Å². The summed E-state index contributed by atoms with van der Waals surface area (Å²) in [5, 5.41) is 0. The van der Waals surface area contributed by atoms with Gasteiger partial charge in [-0.3, -0.25) is 4.79 Å². The van der Waals surface area contributed by atoms with E-state index < -0.39 is 0 Å². The van der Waals surface area contributed by atoms with Gasteiger partial charge < -0.3 is 4.90 Å². The third-order valence-electron chi connectivity index (χ3n) is 3.27. The Labute approximate surface area is 112 Å². The highest BCUT2D eigenvalue weighted by Crippen LogP contribution is 2.10. The van der Waals surface area contributed by atoms with E-state index in [1.54, 1.807) is 4.90 Å². The molecule has 0 aliphatic rings. The molecule has 0 spiro atoms. The Balaban J connectivity index is 3.45. The van der Waals surface area contributed by atoms with E-state index in [2.05, 4.69) is 6.92 Å². The second-order valence-electron chi connectivity index (χ2n) is 4.88. The molecule has 0 aliphatic heterocycles. The number of hydrogen-bond acceptors (Lipinski definition) is 1. The van der Waals surface area contributed by atoms with Gasteiger partial charge in [0.1, 0.15) is 0 Å². The first-order valence-corrected chi connectivity index (χ1v) is 7.48. The molecule has 102 valence electrons. The molecule has 0 aromatic heterocycles. The molecule has 0 N–H and O–H groups in total. The number of rotatable bonds is 10. The topological polar surface area (TPSA) is 20.3 Å². The first kappa shape index (κ1) is 16.8. The van der Waals surface area contributed by atoms with Crippen LogP contribution in [-0.2, 0) is 4.79 Å². The molecule has 17 heavy (non-hydrogen) atoms. The zero-order valence-electron chi connectivity index (χ0n) is 11.7. The van der Waals surface area contributed by atoms with Crippen LogP contribution in [0.3, 0.4) is 0 Å². The quantitative estimate of drug-likeness (QED) is 0.426. The molecule has 0 aliphatic carbocycles. The van der Waals surface area contributed by atoms with E-state index in [0.29, 0.717) is 12.3 Å². The number of hydrogen-bond donors (Lipinski definition) is 0. The van der Waals surface area contributed by atoms with Crippen molar-refractivity contribution in [2.24, 2.45) is 0 Å². The molecule has 1 amide bonds. The first-order valence-electron chi connectivity index (χ1n) is 6.95. The molecular weight excluding hydrogens is 234 g/mol. The lowest BCUT2D eigenvalue weighted by Gasteiger charge is -2.23. The van der Waals surface area contributed by atoms with Gasteiger partial charge in [-0.25, -0.2) is 0 Å². The molecule has 0 aromatic rings. The van der Waals surface area contributed by atoms with Gasteiger partial charge in [0.2, 0.25) is 5.91 Å². The first-order chi connectivity index (χ1) is 8.13. The molecule has 0 radical (unpaired) electrons. The molecule has 0 saturated heterocycles. The second-order valence-corrected chi connectivity index (χ2v) is 5.19. The van der Waals surface area contributed by atoms with Gasteiger partial charge in [-0.05, 0) is 13.3 Å². The number of alkyl halides is 1. The summed E-state index contributed by atoms with van der Waals surface area (Å²) in [6.07, 6.45) is 9.43. The van der Waals surface area contributed by atoms with Crippen LogP contribution < -0.4 is 0 Å². The van der Waals surface area contributed by atoms with Crippen LogP contribution in [0.2, 0.25) is 0 Å². The highest BCUT2D eigenvalue weighted by Gasteiger charge is 2.13. The Kier molecular flexibility index (Phi) is 10.7. The predicted molar refractivity (Wildman–Crippen MR) is 75.6 cm³/mol. The number of nitrogens with zero attached hydrogens (tertiary/aromatic N) is 1. The summed E-state index contributed by atoms with van der Waals surface area (Å²) < 4.78 is 0. The van der Waals surface area contributed by atoms with Gasteiger partial charge in [0, 0.05) is 25.4 Å². The van der Waals surface area contributed by atoms with Crippen molar-refractivity contribution in [1.82, 2.24) is 4.90 Å². The molecule has 0 fully saturated rings. The van der Waals surface area contributed by atoms with Crippen LogP contribution in [0.4, 0.5) is 0 Å². The Hall–Kier alpha value is -0.240. The van der Waals surface area contributed by atoms with Crippen molar-refractivity contribution in [2.75, 3.05) is 12.9 Å². The SMILES string of the molecule is CCCCCCCCCC(=O)N(C)C(C)CCl. The van der Waals surface area contributed by atoms with Crippen molar-refractivity contribution >= 4 is 17.5 Å². The smallest absolute Gasteiger partial charge is 0.222 e. The number of unbranched alkanes of at least 4 members (excludes halogenated alkanes) is 6. The minimum atomic E-state index is 0.147. The summed E-state index contributed by atoms with van der Waals surface area (Å²) in [6, 6.07) is 0.147. The Bertz CT molecular complexity index is 197. The molecule has 1 atom stereocenters. The number of amides is 1. The van der Waals surface area contributed by atoms with Gasteiger partial charge in [0.05, 0.1) is 0 Å². The van der Waals surface area contributed by atoms with E-state index in [-0.39, 0.29) is 11.9 Å². The average Bonchev–Trinajstić information content (AvgIpc) is 2.35. The zero-order chi connectivity index (χ0) is 13.1. The highest BCUT2D eigenvalue weighted by molar-refractivity contribution is 6.18. The molecule has 2 nitrogen and oxygen atoms in total. The van der Waals surface area contributed by atoms with Crippen molar-refractivity contribution in [1.29, 1.82) is 0 Å². The lowest BCUT2D eigenvalue weighted by atomic mass is 10.1.